The van der Waals surface area contributed by atoms with Crippen LogP contribution in [0.1, 0.15) is 75.3 Å². The molecule has 1 saturated carbocycles. The molecule has 4 heterocycles. The summed E-state index contributed by atoms with van der Waals surface area (Å²) in [5, 5.41) is 16.3. The third-order valence-corrected chi connectivity index (χ3v) is 8.71. The maximum atomic E-state index is 14.7. The normalized spacial score (nSPS) is 14.3. The monoisotopic (exact) mass is 669 g/mol. The number of thiazole rings is 1. The van der Waals surface area contributed by atoms with Crippen LogP contribution in [0.2, 0.25) is 0 Å². The number of hydrogen-bond acceptors (Lipinski definition) is 10. The molecule has 0 aliphatic heterocycles. The Labute approximate surface area is 273 Å². The zero-order valence-electron chi connectivity index (χ0n) is 26.1. The highest BCUT2D eigenvalue weighted by atomic mass is 32.1. The Balaban J connectivity index is 1.19. The lowest BCUT2D eigenvalue weighted by atomic mass is 9.96. The van der Waals surface area contributed by atoms with Gasteiger partial charge in [-0.3, -0.25) is 19.1 Å². The van der Waals surface area contributed by atoms with Gasteiger partial charge in [-0.15, -0.1) is 11.3 Å². The second-order valence-corrected chi connectivity index (χ2v) is 12.6. The van der Waals surface area contributed by atoms with Gasteiger partial charge in [0.1, 0.15) is 22.1 Å². The van der Waals surface area contributed by atoms with Gasteiger partial charge < -0.3 is 21.1 Å². The standard InChI is InChI=1S/C31H37F2N9O4S/c1-18(2)26(34)30(45)35-12-6-9-25(43)46-17-41-14-19(13-36-41)31-38-23(16-47-31)29(44)37-22-15-42(20-7-4-3-5-8-20)40-28(22)27-21(32)10-11-24(33)39-27/h10-11,13-16,18,20,26H,3-9,12,17,34H2,1-2H3,(H,35,45)(H,37,44). The molecule has 16 heteroatoms. The number of nitrogens with zero attached hydrogens (tertiary/aromatic N) is 6. The molecule has 4 aromatic rings. The quantitative estimate of drug-likeness (QED) is 0.104. The first kappa shape index (κ1) is 33.8. The van der Waals surface area contributed by atoms with E-state index < -0.39 is 29.7 Å². The van der Waals surface area contributed by atoms with Gasteiger partial charge in [-0.05, 0) is 37.3 Å². The van der Waals surface area contributed by atoms with Crippen molar-refractivity contribution in [1.29, 1.82) is 0 Å². The zero-order chi connectivity index (χ0) is 33.5. The molecule has 47 heavy (non-hydrogen) atoms. The molecule has 1 atom stereocenters. The van der Waals surface area contributed by atoms with Gasteiger partial charge in [0.25, 0.3) is 5.91 Å². The second-order valence-electron chi connectivity index (χ2n) is 11.7. The van der Waals surface area contributed by atoms with Crippen LogP contribution < -0.4 is 16.4 Å². The Morgan fingerprint density at radius 3 is 2.66 bits per heavy atom. The number of pyridine rings is 1. The molecule has 250 valence electrons. The molecule has 1 unspecified atom stereocenters. The number of nitrogens with one attached hydrogen (secondary N) is 2. The fourth-order valence-electron chi connectivity index (χ4n) is 5.09. The Morgan fingerprint density at radius 2 is 1.89 bits per heavy atom. The van der Waals surface area contributed by atoms with Crippen molar-refractivity contribution in [2.45, 2.75) is 77.6 Å². The summed E-state index contributed by atoms with van der Waals surface area (Å²) < 4.78 is 37.1. The minimum absolute atomic E-state index is 0.0139. The predicted octanol–water partition coefficient (Wildman–Crippen LogP) is 4.68. The van der Waals surface area contributed by atoms with E-state index in [1.165, 1.54) is 22.2 Å². The lowest BCUT2D eigenvalue weighted by molar-refractivity contribution is -0.148. The molecular formula is C31H37F2N9O4S. The second kappa shape index (κ2) is 15.3. The predicted molar refractivity (Wildman–Crippen MR) is 170 cm³/mol. The van der Waals surface area contributed by atoms with Crippen LogP contribution in [0.15, 0.2) is 36.1 Å². The third kappa shape index (κ3) is 8.62. The number of nitrogens with two attached hydrogens (primary N) is 1. The number of halogens is 2. The van der Waals surface area contributed by atoms with E-state index in [2.05, 4.69) is 30.8 Å². The number of rotatable bonds is 13. The van der Waals surface area contributed by atoms with E-state index in [0.717, 1.165) is 44.2 Å². The maximum absolute atomic E-state index is 14.7. The molecule has 1 fully saturated rings. The average molecular weight is 670 g/mol. The number of esters is 1. The van der Waals surface area contributed by atoms with Crippen LogP contribution in [0.4, 0.5) is 14.5 Å². The minimum Gasteiger partial charge on any atom is -0.442 e. The summed E-state index contributed by atoms with van der Waals surface area (Å²) in [6, 6.07) is 1.38. The molecule has 1 aliphatic carbocycles. The van der Waals surface area contributed by atoms with Gasteiger partial charge in [0, 0.05) is 36.3 Å². The first-order valence-electron chi connectivity index (χ1n) is 15.5. The number of aromatic nitrogens is 6. The van der Waals surface area contributed by atoms with Crippen LogP contribution >= 0.6 is 11.3 Å². The smallest absolute Gasteiger partial charge is 0.307 e. The fourth-order valence-corrected chi connectivity index (χ4v) is 5.87. The highest BCUT2D eigenvalue weighted by molar-refractivity contribution is 7.13. The summed E-state index contributed by atoms with van der Waals surface area (Å²) in [4.78, 5) is 45.5. The van der Waals surface area contributed by atoms with E-state index in [-0.39, 0.29) is 53.8 Å². The van der Waals surface area contributed by atoms with Crippen LogP contribution in [0, 0.1) is 17.7 Å². The van der Waals surface area contributed by atoms with Crippen LogP contribution in [0.5, 0.6) is 0 Å². The molecular weight excluding hydrogens is 632 g/mol. The van der Waals surface area contributed by atoms with E-state index in [1.807, 2.05) is 13.8 Å². The van der Waals surface area contributed by atoms with Crippen LogP contribution in [-0.4, -0.2) is 59.9 Å². The van der Waals surface area contributed by atoms with Crippen molar-refractivity contribution in [3.05, 3.63) is 53.6 Å². The number of amides is 2. The lowest BCUT2D eigenvalue weighted by Gasteiger charge is -2.21. The van der Waals surface area contributed by atoms with E-state index in [4.69, 9.17) is 10.5 Å². The summed E-state index contributed by atoms with van der Waals surface area (Å²) >= 11 is 1.21. The highest BCUT2D eigenvalue weighted by Gasteiger charge is 2.24. The molecule has 0 saturated heterocycles. The lowest BCUT2D eigenvalue weighted by Crippen LogP contribution is -2.44. The molecule has 1 aliphatic rings. The summed E-state index contributed by atoms with van der Waals surface area (Å²) in [5.41, 5.74) is 6.45. The minimum atomic E-state index is -0.863. The molecule has 4 N–H and O–H groups in total. The van der Waals surface area contributed by atoms with Gasteiger partial charge in [0.05, 0.1) is 24.0 Å². The topological polar surface area (TPSA) is 172 Å². The first-order valence-corrected chi connectivity index (χ1v) is 16.4. The van der Waals surface area contributed by atoms with Crippen LogP contribution in [0.3, 0.4) is 0 Å². The highest BCUT2D eigenvalue weighted by Crippen LogP contribution is 2.34. The largest absolute Gasteiger partial charge is 0.442 e. The third-order valence-electron chi connectivity index (χ3n) is 7.82. The summed E-state index contributed by atoms with van der Waals surface area (Å²) in [6.07, 6.45) is 10.3. The molecule has 13 nitrogen and oxygen atoms in total. The molecule has 0 spiro atoms. The van der Waals surface area contributed by atoms with Crippen molar-refractivity contribution in [1.82, 2.24) is 34.8 Å². The Bertz CT molecular complexity index is 1710. The molecule has 0 aromatic carbocycles. The number of anilines is 1. The molecule has 2 amide bonds. The van der Waals surface area contributed by atoms with Crippen molar-refractivity contribution >= 4 is 34.8 Å². The van der Waals surface area contributed by atoms with Gasteiger partial charge in [0.15, 0.2) is 12.5 Å². The van der Waals surface area contributed by atoms with E-state index in [0.29, 0.717) is 23.5 Å². The number of carbonyl (C=O) groups is 3. The number of carbonyl (C=O) groups excluding carboxylic acids is 3. The Morgan fingerprint density at radius 1 is 1.11 bits per heavy atom. The zero-order valence-corrected chi connectivity index (χ0v) is 26.9. The van der Waals surface area contributed by atoms with Crippen LogP contribution in [-0.2, 0) is 21.1 Å². The van der Waals surface area contributed by atoms with Gasteiger partial charge in [-0.25, -0.2) is 19.0 Å². The molecule has 4 aromatic heterocycles. The Hall–Kier alpha value is -4.57. The molecule has 0 bridgehead atoms. The van der Waals surface area contributed by atoms with E-state index >= 15 is 0 Å². The van der Waals surface area contributed by atoms with Crippen molar-refractivity contribution in [2.75, 3.05) is 11.9 Å². The van der Waals surface area contributed by atoms with Gasteiger partial charge in [-0.2, -0.15) is 14.6 Å². The number of hydrogen-bond donors (Lipinski definition) is 3. The summed E-state index contributed by atoms with van der Waals surface area (Å²) in [5.74, 6) is -2.87. The molecule has 0 radical (unpaired) electrons. The van der Waals surface area contributed by atoms with Crippen molar-refractivity contribution in [3.8, 4) is 22.0 Å². The summed E-state index contributed by atoms with van der Waals surface area (Å²) in [7, 11) is 0. The van der Waals surface area contributed by atoms with E-state index in [1.54, 1.807) is 22.5 Å². The van der Waals surface area contributed by atoms with Gasteiger partial charge in [-0.1, -0.05) is 33.1 Å². The average Bonchev–Trinajstić information content (AvgIpc) is 3.83. The first-order chi connectivity index (χ1) is 22.6. The van der Waals surface area contributed by atoms with Gasteiger partial charge >= 0.3 is 5.97 Å². The molecule has 5 rings (SSSR count). The van der Waals surface area contributed by atoms with Crippen molar-refractivity contribution in [2.24, 2.45) is 11.7 Å². The van der Waals surface area contributed by atoms with E-state index in [9.17, 15) is 23.2 Å². The number of ether oxygens (including phenoxy) is 1. The van der Waals surface area contributed by atoms with Gasteiger partial charge in [0.2, 0.25) is 11.9 Å². The maximum Gasteiger partial charge on any atom is 0.307 e. The Kier molecular flexibility index (Phi) is 11.0. The fraction of sp³-hybridized carbons (Fsp3) is 0.452. The SMILES string of the molecule is CC(C)C(N)C(=O)NCCCC(=O)OCn1cc(-c2nc(C(=O)Nc3cn(C4CCCCC4)nc3-c3nc(F)ccc3F)cs2)cn1. The van der Waals surface area contributed by atoms with Crippen LogP contribution in [0.25, 0.3) is 22.0 Å². The van der Waals surface area contributed by atoms with Crippen molar-refractivity contribution < 1.29 is 27.9 Å². The summed E-state index contributed by atoms with van der Waals surface area (Å²) in [6.45, 7) is 3.90. The van der Waals surface area contributed by atoms with Crippen molar-refractivity contribution in [3.63, 3.8) is 0 Å².